The maximum Gasteiger partial charge on any atom is 0.435 e. The number of amides is 2. The minimum Gasteiger partial charge on any atom is -0.387 e. The molecule has 4 heterocycles. The molecule has 10 nitrogen and oxygen atoms in total. The predicted octanol–water partition coefficient (Wildman–Crippen LogP) is 3.43. The summed E-state index contributed by atoms with van der Waals surface area (Å²) < 4.78 is 41.8. The van der Waals surface area contributed by atoms with E-state index in [9.17, 15) is 27.9 Å². The van der Waals surface area contributed by atoms with Gasteiger partial charge in [-0.25, -0.2) is 9.78 Å². The predicted molar refractivity (Wildman–Crippen MR) is 152 cm³/mol. The third-order valence-electron chi connectivity index (χ3n) is 9.52. The molecule has 1 saturated carbocycles. The quantitative estimate of drug-likeness (QED) is 0.476. The molecular formula is C30H36F3N7O3. The summed E-state index contributed by atoms with van der Waals surface area (Å²) in [4.78, 5) is 35.2. The van der Waals surface area contributed by atoms with E-state index in [1.54, 1.807) is 0 Å². The summed E-state index contributed by atoms with van der Waals surface area (Å²) in [6.45, 7) is 2.68. The van der Waals surface area contributed by atoms with Crippen LogP contribution in [-0.4, -0.2) is 78.6 Å². The fourth-order valence-corrected chi connectivity index (χ4v) is 7.16. The second-order valence-electron chi connectivity index (χ2n) is 12.1. The van der Waals surface area contributed by atoms with E-state index in [0.29, 0.717) is 39.1 Å². The third kappa shape index (κ3) is 5.44. The number of benzene rings is 1. The van der Waals surface area contributed by atoms with Crippen molar-refractivity contribution in [2.75, 3.05) is 32.7 Å². The normalized spacial score (nSPS) is 24.1. The van der Waals surface area contributed by atoms with Gasteiger partial charge >= 0.3 is 12.2 Å². The first-order chi connectivity index (χ1) is 20.5. The number of piperazine rings is 1. The molecule has 2 amide bonds. The van der Waals surface area contributed by atoms with E-state index < -0.39 is 28.4 Å². The Bertz CT molecular complexity index is 1530. The van der Waals surface area contributed by atoms with Gasteiger partial charge in [0.2, 0.25) is 0 Å². The lowest BCUT2D eigenvalue weighted by molar-refractivity contribution is -0.141. The molecule has 0 radical (unpaired) electrons. The number of likely N-dealkylation sites (tertiary alicyclic amines) is 1. The average Bonchev–Trinajstić information content (AvgIpc) is 3.64. The largest absolute Gasteiger partial charge is 0.435 e. The van der Waals surface area contributed by atoms with Crippen molar-refractivity contribution >= 4 is 6.03 Å². The molecule has 3 aromatic rings. The molecule has 2 aromatic heterocycles. The number of aromatic nitrogens is 4. The number of nitrogens with zero attached hydrogens (tertiary/aromatic N) is 6. The van der Waals surface area contributed by atoms with Gasteiger partial charge in [-0.1, -0.05) is 43.2 Å². The highest BCUT2D eigenvalue weighted by Gasteiger charge is 2.56. The lowest BCUT2D eigenvalue weighted by atomic mass is 9.66. The van der Waals surface area contributed by atoms with E-state index in [2.05, 4.69) is 15.4 Å². The van der Waals surface area contributed by atoms with Crippen molar-refractivity contribution in [3.8, 4) is 11.4 Å². The van der Waals surface area contributed by atoms with Crippen LogP contribution in [-0.2, 0) is 19.8 Å². The molecular weight excluding hydrogens is 563 g/mol. The van der Waals surface area contributed by atoms with E-state index in [1.165, 1.54) is 24.0 Å². The van der Waals surface area contributed by atoms with E-state index in [4.69, 9.17) is 0 Å². The van der Waals surface area contributed by atoms with E-state index in [1.807, 2.05) is 40.1 Å². The van der Waals surface area contributed by atoms with Crippen LogP contribution in [0.15, 0.2) is 53.6 Å². The summed E-state index contributed by atoms with van der Waals surface area (Å²) in [6.07, 6.45) is 0.247. The molecule has 3 aliphatic rings. The van der Waals surface area contributed by atoms with Crippen molar-refractivity contribution < 1.29 is 23.1 Å². The van der Waals surface area contributed by atoms with Crippen molar-refractivity contribution in [2.24, 2.45) is 12.5 Å². The Hall–Kier alpha value is -3.71. The molecule has 1 aliphatic carbocycles. The van der Waals surface area contributed by atoms with Gasteiger partial charge in [0.05, 0.1) is 35.9 Å². The van der Waals surface area contributed by atoms with Gasteiger partial charge in [0.15, 0.2) is 5.69 Å². The molecule has 3 fully saturated rings. The Morgan fingerprint density at radius 2 is 1.86 bits per heavy atom. The highest BCUT2D eigenvalue weighted by atomic mass is 19.4. The number of aryl methyl sites for hydroxylation is 1. The minimum absolute atomic E-state index is 0.0133. The van der Waals surface area contributed by atoms with Gasteiger partial charge in [-0.05, 0) is 30.9 Å². The molecule has 6 rings (SSSR count). The van der Waals surface area contributed by atoms with Crippen molar-refractivity contribution in [1.29, 1.82) is 0 Å². The van der Waals surface area contributed by atoms with Crippen LogP contribution in [0, 0.1) is 5.41 Å². The van der Waals surface area contributed by atoms with Crippen LogP contribution in [0.3, 0.4) is 0 Å². The topological polar surface area (TPSA) is 109 Å². The van der Waals surface area contributed by atoms with Gasteiger partial charge in [0, 0.05) is 51.3 Å². The number of hydrogen-bond acceptors (Lipinski definition) is 6. The van der Waals surface area contributed by atoms with Gasteiger partial charge in [-0.15, -0.1) is 0 Å². The zero-order chi connectivity index (χ0) is 30.4. The lowest BCUT2D eigenvalue weighted by Gasteiger charge is -2.53. The number of carbonyl (C=O) groups is 1. The maximum absolute atomic E-state index is 14.0. The highest BCUT2D eigenvalue weighted by molar-refractivity contribution is 5.75. The Kier molecular flexibility index (Phi) is 7.57. The van der Waals surface area contributed by atoms with Crippen molar-refractivity contribution in [3.63, 3.8) is 0 Å². The number of aliphatic hydroxyl groups is 1. The van der Waals surface area contributed by atoms with Gasteiger partial charge in [0.25, 0.3) is 5.56 Å². The molecule has 2 N–H and O–H groups in total. The molecule has 1 aromatic carbocycles. The number of urea groups is 1. The molecule has 13 heteroatoms. The van der Waals surface area contributed by atoms with Crippen LogP contribution in [0.5, 0.6) is 0 Å². The van der Waals surface area contributed by atoms with Crippen LogP contribution in [0.1, 0.15) is 49.4 Å². The van der Waals surface area contributed by atoms with Crippen LogP contribution in [0.4, 0.5) is 18.0 Å². The second-order valence-corrected chi connectivity index (χ2v) is 12.1. The summed E-state index contributed by atoms with van der Waals surface area (Å²) in [7, 11) is 1.36. The molecule has 2 atom stereocenters. The molecule has 0 unspecified atom stereocenters. The van der Waals surface area contributed by atoms with Gasteiger partial charge in [-0.3, -0.25) is 14.0 Å². The Labute approximate surface area is 247 Å². The van der Waals surface area contributed by atoms with Crippen LogP contribution >= 0.6 is 0 Å². The SMILES string of the molecule is Cn1nc(C(F)(F)F)cc1-c1cc(=O)n(C[C@]2(O)CCN(C(=O)N3CCNC[C@H]3c3ccccc3)CC23CCCC3)cn1. The zero-order valence-electron chi connectivity index (χ0n) is 24.1. The first-order valence-electron chi connectivity index (χ1n) is 14.7. The molecule has 2 aliphatic heterocycles. The third-order valence-corrected chi connectivity index (χ3v) is 9.52. The summed E-state index contributed by atoms with van der Waals surface area (Å²) in [5.41, 5.74) is -2.18. The smallest absolute Gasteiger partial charge is 0.387 e. The first-order valence-corrected chi connectivity index (χ1v) is 14.7. The van der Waals surface area contributed by atoms with E-state index in [-0.39, 0.29) is 30.0 Å². The highest BCUT2D eigenvalue weighted by Crippen LogP contribution is 2.52. The van der Waals surface area contributed by atoms with Gasteiger partial charge in [-0.2, -0.15) is 18.3 Å². The second kappa shape index (κ2) is 11.1. The summed E-state index contributed by atoms with van der Waals surface area (Å²) in [5.74, 6) is 0. The number of carbonyl (C=O) groups excluding carboxylic acids is 1. The summed E-state index contributed by atoms with van der Waals surface area (Å²) in [5, 5.41) is 19.1. The number of rotatable bonds is 4. The Balaban J connectivity index is 1.22. The number of piperidine rings is 1. The molecule has 2 saturated heterocycles. The van der Waals surface area contributed by atoms with E-state index in [0.717, 1.165) is 42.0 Å². The lowest BCUT2D eigenvalue weighted by Crippen LogP contribution is -2.64. The molecule has 0 bridgehead atoms. The van der Waals surface area contributed by atoms with Crippen LogP contribution in [0.25, 0.3) is 11.4 Å². The standard InChI is InChI=1S/C30H36F3N7O3/c1-37-23(16-25(36-37)30(31,32)33)22-15-26(41)39(20-35-22)19-29(43)11-13-38(18-28(29)9-5-6-10-28)27(42)40-14-12-34-17-24(40)21-7-3-2-4-8-21/h2-4,7-8,15-16,20,24,34,43H,5-6,9-14,17-19H2,1H3/t24-,29+/m0/s1. The fourth-order valence-electron chi connectivity index (χ4n) is 7.16. The van der Waals surface area contributed by atoms with Gasteiger partial charge in [0.1, 0.15) is 0 Å². The Morgan fingerprint density at radius 3 is 2.53 bits per heavy atom. The summed E-state index contributed by atoms with van der Waals surface area (Å²) >= 11 is 0. The molecule has 43 heavy (non-hydrogen) atoms. The van der Waals surface area contributed by atoms with E-state index >= 15 is 0 Å². The fraction of sp³-hybridized carbons (Fsp3) is 0.533. The van der Waals surface area contributed by atoms with Crippen molar-refractivity contribution in [2.45, 2.75) is 56.5 Å². The Morgan fingerprint density at radius 1 is 1.12 bits per heavy atom. The van der Waals surface area contributed by atoms with Gasteiger partial charge < -0.3 is 20.2 Å². The molecule has 1 spiro atoms. The first kappa shape index (κ1) is 29.4. The number of halogens is 3. The van der Waals surface area contributed by atoms with Crippen LogP contribution in [0.2, 0.25) is 0 Å². The number of hydrogen-bond donors (Lipinski definition) is 2. The molecule has 230 valence electrons. The average molecular weight is 600 g/mol. The number of alkyl halides is 3. The minimum atomic E-state index is -4.62. The zero-order valence-corrected chi connectivity index (χ0v) is 24.1. The van der Waals surface area contributed by atoms with Crippen LogP contribution < -0.4 is 10.9 Å². The van der Waals surface area contributed by atoms with Crippen molar-refractivity contribution in [3.05, 3.63) is 70.4 Å². The summed E-state index contributed by atoms with van der Waals surface area (Å²) in [6, 6.07) is 11.9. The number of nitrogens with one attached hydrogen (secondary N) is 1. The monoisotopic (exact) mass is 599 g/mol. The van der Waals surface area contributed by atoms with Crippen molar-refractivity contribution in [1.82, 2.24) is 34.4 Å². The maximum atomic E-state index is 14.0.